The van der Waals surface area contributed by atoms with Gasteiger partial charge < -0.3 is 10.6 Å². The number of benzene rings is 1. The normalized spacial score (nSPS) is 14.9. The third-order valence-electron chi connectivity index (χ3n) is 4.91. The van der Waals surface area contributed by atoms with Gasteiger partial charge in [-0.1, -0.05) is 23.9 Å². The molecule has 0 aliphatic heterocycles. The number of nitrogens with one attached hydrogen (secondary N) is 2. The number of hydrogen-bond acceptors (Lipinski definition) is 6. The standard InChI is InChI=1S/C20H24N6OS/c1-11-17(12(2)26(4)25-11)23-19(27)13(3)28-20-22-16-8-6-5-7-15(16)18(24-20)21-14-9-10-14/h5-8,13-14H,9-10H2,1-4H3,(H,23,27)(H,21,22,24)/t13-/m0/s1. The van der Waals surface area contributed by atoms with Crippen LogP contribution >= 0.6 is 11.8 Å². The van der Waals surface area contributed by atoms with Gasteiger partial charge in [0, 0.05) is 18.5 Å². The number of anilines is 2. The first-order valence-electron chi connectivity index (χ1n) is 9.43. The van der Waals surface area contributed by atoms with E-state index in [-0.39, 0.29) is 11.2 Å². The SMILES string of the molecule is Cc1nn(C)c(C)c1NC(=O)[C@H](C)Sc1nc(NC2CC2)c2ccccc2n1. The summed E-state index contributed by atoms with van der Waals surface area (Å²) in [5.74, 6) is 0.764. The summed E-state index contributed by atoms with van der Waals surface area (Å²) < 4.78 is 1.77. The fourth-order valence-electron chi connectivity index (χ4n) is 3.03. The average Bonchev–Trinajstić information content (AvgIpc) is 3.45. The van der Waals surface area contributed by atoms with Crippen LogP contribution in [0.5, 0.6) is 0 Å². The van der Waals surface area contributed by atoms with Crippen LogP contribution in [0.4, 0.5) is 11.5 Å². The molecule has 1 fully saturated rings. The number of aromatic nitrogens is 4. The Balaban J connectivity index is 1.54. The predicted octanol–water partition coefficient (Wildman–Crippen LogP) is 3.67. The molecule has 1 amide bonds. The highest BCUT2D eigenvalue weighted by Gasteiger charge is 2.24. The quantitative estimate of drug-likeness (QED) is 0.488. The van der Waals surface area contributed by atoms with Gasteiger partial charge >= 0.3 is 0 Å². The molecule has 28 heavy (non-hydrogen) atoms. The van der Waals surface area contributed by atoms with Crippen LogP contribution in [-0.2, 0) is 11.8 Å². The zero-order valence-corrected chi connectivity index (χ0v) is 17.3. The number of para-hydroxylation sites is 1. The summed E-state index contributed by atoms with van der Waals surface area (Å²) >= 11 is 1.36. The Morgan fingerprint density at radius 1 is 1.25 bits per heavy atom. The Labute approximate surface area is 168 Å². The topological polar surface area (TPSA) is 84.7 Å². The zero-order chi connectivity index (χ0) is 19.8. The number of aryl methyl sites for hydroxylation is 2. The lowest BCUT2D eigenvalue weighted by atomic mass is 10.2. The van der Waals surface area contributed by atoms with Crippen molar-refractivity contribution in [2.75, 3.05) is 10.6 Å². The number of nitrogens with zero attached hydrogens (tertiary/aromatic N) is 4. The predicted molar refractivity (Wildman–Crippen MR) is 113 cm³/mol. The lowest BCUT2D eigenvalue weighted by Gasteiger charge is -2.13. The van der Waals surface area contributed by atoms with Gasteiger partial charge in [0.2, 0.25) is 5.91 Å². The molecule has 2 aromatic heterocycles. The molecular weight excluding hydrogens is 372 g/mol. The second kappa shape index (κ2) is 7.43. The third kappa shape index (κ3) is 3.82. The third-order valence-corrected chi connectivity index (χ3v) is 5.87. The molecule has 8 heteroatoms. The molecule has 146 valence electrons. The second-order valence-electron chi connectivity index (χ2n) is 7.21. The summed E-state index contributed by atoms with van der Waals surface area (Å²) in [7, 11) is 1.87. The molecule has 2 N–H and O–H groups in total. The smallest absolute Gasteiger partial charge is 0.237 e. The van der Waals surface area contributed by atoms with E-state index >= 15 is 0 Å². The Kier molecular flexibility index (Phi) is 4.97. The van der Waals surface area contributed by atoms with Crippen LogP contribution in [0.15, 0.2) is 29.4 Å². The van der Waals surface area contributed by atoms with Gasteiger partial charge in [-0.05, 0) is 45.7 Å². The molecule has 1 aliphatic carbocycles. The maximum Gasteiger partial charge on any atom is 0.237 e. The first-order valence-corrected chi connectivity index (χ1v) is 10.3. The Hall–Kier alpha value is -2.61. The van der Waals surface area contributed by atoms with Gasteiger partial charge in [0.15, 0.2) is 5.16 Å². The minimum absolute atomic E-state index is 0.0855. The number of thioether (sulfide) groups is 1. The highest BCUT2D eigenvalue weighted by atomic mass is 32.2. The number of fused-ring (bicyclic) bond motifs is 1. The van der Waals surface area contributed by atoms with E-state index in [1.54, 1.807) is 4.68 Å². The van der Waals surface area contributed by atoms with E-state index in [0.717, 1.165) is 33.8 Å². The summed E-state index contributed by atoms with van der Waals surface area (Å²) in [6, 6.07) is 8.46. The summed E-state index contributed by atoms with van der Waals surface area (Å²) in [6.45, 7) is 5.70. The fourth-order valence-corrected chi connectivity index (χ4v) is 3.81. The van der Waals surface area contributed by atoms with E-state index in [0.29, 0.717) is 11.2 Å². The molecule has 1 atom stereocenters. The van der Waals surface area contributed by atoms with Gasteiger partial charge in [-0.25, -0.2) is 9.97 Å². The maximum atomic E-state index is 12.7. The molecule has 0 saturated heterocycles. The van der Waals surface area contributed by atoms with Crippen molar-refractivity contribution in [2.24, 2.45) is 7.05 Å². The molecule has 7 nitrogen and oxygen atoms in total. The summed E-state index contributed by atoms with van der Waals surface area (Å²) in [5.41, 5.74) is 3.40. The lowest BCUT2D eigenvalue weighted by molar-refractivity contribution is -0.115. The number of amides is 1. The zero-order valence-electron chi connectivity index (χ0n) is 16.5. The monoisotopic (exact) mass is 396 g/mol. The van der Waals surface area contributed by atoms with Crippen molar-refractivity contribution in [1.82, 2.24) is 19.7 Å². The van der Waals surface area contributed by atoms with Gasteiger partial charge in [-0.3, -0.25) is 9.48 Å². The first-order chi connectivity index (χ1) is 13.4. The molecule has 1 aliphatic rings. The number of hydrogen-bond donors (Lipinski definition) is 2. The summed E-state index contributed by atoms with van der Waals surface area (Å²) in [4.78, 5) is 22.1. The first kappa shape index (κ1) is 18.7. The Morgan fingerprint density at radius 3 is 2.68 bits per heavy atom. The van der Waals surface area contributed by atoms with E-state index in [4.69, 9.17) is 4.98 Å². The maximum absolute atomic E-state index is 12.7. The Bertz CT molecular complexity index is 1040. The molecule has 0 radical (unpaired) electrons. The van der Waals surface area contributed by atoms with Crippen LogP contribution in [0.1, 0.15) is 31.2 Å². The average molecular weight is 397 g/mol. The minimum atomic E-state index is -0.339. The van der Waals surface area contributed by atoms with Gasteiger partial charge in [0.1, 0.15) is 5.82 Å². The van der Waals surface area contributed by atoms with Crippen LogP contribution in [0, 0.1) is 13.8 Å². The van der Waals surface area contributed by atoms with E-state index in [2.05, 4.69) is 20.7 Å². The van der Waals surface area contributed by atoms with Gasteiger partial charge in [0.25, 0.3) is 0 Å². The molecule has 4 rings (SSSR count). The van der Waals surface area contributed by atoms with E-state index in [9.17, 15) is 4.79 Å². The molecule has 0 unspecified atom stereocenters. The molecule has 1 aromatic carbocycles. The second-order valence-corrected chi connectivity index (χ2v) is 8.52. The van der Waals surface area contributed by atoms with Crippen LogP contribution in [0.25, 0.3) is 10.9 Å². The van der Waals surface area contributed by atoms with E-state index in [1.807, 2.05) is 52.1 Å². The van der Waals surface area contributed by atoms with Crippen molar-refractivity contribution in [3.8, 4) is 0 Å². The van der Waals surface area contributed by atoms with Crippen molar-refractivity contribution >= 4 is 40.1 Å². The summed E-state index contributed by atoms with van der Waals surface area (Å²) in [6.07, 6.45) is 2.34. The minimum Gasteiger partial charge on any atom is -0.367 e. The van der Waals surface area contributed by atoms with Gasteiger partial charge in [0.05, 0.1) is 27.8 Å². The van der Waals surface area contributed by atoms with Crippen molar-refractivity contribution < 1.29 is 4.79 Å². The number of carbonyl (C=O) groups is 1. The van der Waals surface area contributed by atoms with E-state index < -0.39 is 0 Å². The highest BCUT2D eigenvalue weighted by molar-refractivity contribution is 8.00. The fraction of sp³-hybridized carbons (Fsp3) is 0.400. The van der Waals surface area contributed by atoms with Gasteiger partial charge in [-0.15, -0.1) is 0 Å². The summed E-state index contributed by atoms with van der Waals surface area (Å²) in [5, 5.41) is 12.1. The van der Waals surface area contributed by atoms with Crippen molar-refractivity contribution in [3.63, 3.8) is 0 Å². The van der Waals surface area contributed by atoms with Crippen LogP contribution in [-0.4, -0.2) is 36.9 Å². The van der Waals surface area contributed by atoms with E-state index in [1.165, 1.54) is 24.6 Å². The van der Waals surface area contributed by atoms with Crippen molar-refractivity contribution in [1.29, 1.82) is 0 Å². The molecule has 3 aromatic rings. The molecule has 2 heterocycles. The number of rotatable bonds is 6. The molecular formula is C20H24N6OS. The number of carbonyl (C=O) groups excluding carboxylic acids is 1. The van der Waals surface area contributed by atoms with Crippen LogP contribution < -0.4 is 10.6 Å². The van der Waals surface area contributed by atoms with Crippen LogP contribution in [0.2, 0.25) is 0 Å². The largest absolute Gasteiger partial charge is 0.367 e. The Morgan fingerprint density at radius 2 is 2.00 bits per heavy atom. The van der Waals surface area contributed by atoms with Crippen molar-refractivity contribution in [2.45, 2.75) is 50.1 Å². The van der Waals surface area contributed by atoms with Crippen molar-refractivity contribution in [3.05, 3.63) is 35.7 Å². The highest BCUT2D eigenvalue weighted by Crippen LogP contribution is 2.31. The van der Waals surface area contributed by atoms with Gasteiger partial charge in [-0.2, -0.15) is 5.10 Å². The van der Waals surface area contributed by atoms with Crippen LogP contribution in [0.3, 0.4) is 0 Å². The lowest BCUT2D eigenvalue weighted by Crippen LogP contribution is -2.23. The molecule has 0 spiro atoms. The molecule has 0 bridgehead atoms. The molecule has 1 saturated carbocycles.